The van der Waals surface area contributed by atoms with E-state index in [-0.39, 0.29) is 12.7 Å². The van der Waals surface area contributed by atoms with Crippen molar-refractivity contribution in [1.29, 1.82) is 2.51 Å². The summed E-state index contributed by atoms with van der Waals surface area (Å²) < 4.78 is 25.9. The largest absolute Gasteiger partial charge is 0.425 e. The van der Waals surface area contributed by atoms with Crippen molar-refractivity contribution in [2.75, 3.05) is 13.3 Å². The highest BCUT2D eigenvalue weighted by Gasteiger charge is 2.20. The molecule has 0 heterocycles. The van der Waals surface area contributed by atoms with Crippen LogP contribution in [0.25, 0.3) is 0 Å². The first-order valence-electron chi connectivity index (χ1n) is 9.77. The van der Waals surface area contributed by atoms with E-state index >= 15 is 0 Å². The molecule has 0 aromatic carbocycles. The van der Waals surface area contributed by atoms with Gasteiger partial charge in [0.2, 0.25) is 0 Å². The second-order valence-corrected chi connectivity index (χ2v) is 9.82. The molecule has 0 aliphatic heterocycles. The van der Waals surface area contributed by atoms with Crippen LogP contribution in [0.1, 0.15) is 71.1 Å². The minimum absolute atomic E-state index is 0.237. The van der Waals surface area contributed by atoms with Crippen molar-refractivity contribution in [3.63, 3.8) is 0 Å². The summed E-state index contributed by atoms with van der Waals surface area (Å²) in [7, 11) is 6.79. The van der Waals surface area contributed by atoms with E-state index in [1.165, 1.54) is 38.5 Å². The molecule has 0 aromatic rings. The summed E-state index contributed by atoms with van der Waals surface area (Å²) in [6, 6.07) is 0. The summed E-state index contributed by atoms with van der Waals surface area (Å²) in [5, 5.41) is 10.4. The van der Waals surface area contributed by atoms with Crippen molar-refractivity contribution >= 4 is 40.3 Å². The topological polar surface area (TPSA) is 38.7 Å². The average molecular weight is 377 g/mol. The summed E-state index contributed by atoms with van der Waals surface area (Å²) >= 11 is 0. The fourth-order valence-electron chi connectivity index (χ4n) is 2.49. The van der Waals surface area contributed by atoms with E-state index in [1.54, 1.807) is 6.66 Å². The van der Waals surface area contributed by atoms with Crippen molar-refractivity contribution < 1.29 is 14.1 Å². The molecule has 0 bridgehead atoms. The van der Waals surface area contributed by atoms with Gasteiger partial charge >= 0.3 is 0 Å². The Bertz CT molecular complexity index is 323. The highest BCUT2D eigenvalue weighted by Crippen LogP contribution is 2.30. The van der Waals surface area contributed by atoms with Crippen LogP contribution in [-0.4, -0.2) is 56.6 Å². The molecule has 0 aromatic heterocycles. The molecule has 0 saturated carbocycles. The van der Waals surface area contributed by atoms with E-state index in [4.69, 9.17) is 26.5 Å². The van der Waals surface area contributed by atoms with Crippen molar-refractivity contribution in [1.82, 2.24) is 0 Å². The first-order chi connectivity index (χ1) is 11.8. The standard InChI is InChI=1S/C15H34B2O3P2Si/c1-3-4-5-6-7-8-9-10-11-14(18)15(20-22(2)16)12-13-19-23(17)21/h14-15,18,23H,3-13,21H2,1-2H3/t14?,15-,22?,23?/m1/s1/i21T,23D/t14?,15-,21?,22?,23?. The molecule has 0 spiro atoms. The molecule has 0 amide bonds. The smallest absolute Gasteiger partial charge is 0.148 e. The van der Waals surface area contributed by atoms with Gasteiger partial charge in [0.25, 0.3) is 0 Å². The Morgan fingerprint density at radius 3 is 2.43 bits per heavy atom. The van der Waals surface area contributed by atoms with Gasteiger partial charge in [-0.2, -0.15) is 0 Å². The van der Waals surface area contributed by atoms with Gasteiger partial charge in [0, 0.05) is 7.84 Å². The van der Waals surface area contributed by atoms with Gasteiger partial charge in [0.05, 0.1) is 20.9 Å². The zero-order valence-corrected chi connectivity index (χ0v) is 17.7. The molecule has 4 unspecified atom stereocenters. The Morgan fingerprint density at radius 2 is 1.87 bits per heavy atom. The highest BCUT2D eigenvalue weighted by atomic mass is 31.3. The first kappa shape index (κ1) is 20.4. The number of unbranched alkanes of at least 4 members (excludes halogenated alkanes) is 7. The Balaban J connectivity index is 4.00. The fraction of sp³-hybridized carbons (Fsp3) is 1.00. The first-order valence-corrected chi connectivity index (χ1v) is 13.5. The molecule has 8 heteroatoms. The van der Waals surface area contributed by atoms with Gasteiger partial charge in [-0.1, -0.05) is 58.3 Å². The number of hydrogen-bond donors (Lipinski definition) is 1. The third-order valence-corrected chi connectivity index (χ3v) is 5.30. The minimum atomic E-state index is -3.09. The summed E-state index contributed by atoms with van der Waals surface area (Å²) in [5.41, 5.74) is 0. The van der Waals surface area contributed by atoms with Gasteiger partial charge in [0.15, 0.2) is 0 Å². The van der Waals surface area contributed by atoms with Crippen LogP contribution in [0, 0.1) is 0 Å². The molecule has 4 radical (unpaired) electrons. The zero-order chi connectivity index (χ0) is 19.1. The molecule has 132 valence electrons. The van der Waals surface area contributed by atoms with Crippen molar-refractivity contribution in [3.05, 3.63) is 0 Å². The van der Waals surface area contributed by atoms with E-state index in [9.17, 15) is 5.11 Å². The molecular formula is C15H34B2O3P2Si. The average Bonchev–Trinajstić information content (AvgIpc) is 2.55. The van der Waals surface area contributed by atoms with Gasteiger partial charge < -0.3 is 14.1 Å². The molecule has 1 N–H and O–H groups in total. The molecule has 0 rings (SSSR count). The normalized spacial score (nSPS) is 20.0. The lowest BCUT2D eigenvalue weighted by Crippen LogP contribution is -2.30. The summed E-state index contributed by atoms with van der Waals surface area (Å²) in [5.74, 6) is 0. The van der Waals surface area contributed by atoms with Crippen molar-refractivity contribution in [2.24, 2.45) is 0 Å². The Morgan fingerprint density at radius 1 is 1.26 bits per heavy atom. The molecule has 3 nitrogen and oxygen atoms in total. The molecular weight excluding hydrogens is 340 g/mol. The monoisotopic (exact) mass is 377 g/mol. The van der Waals surface area contributed by atoms with Crippen LogP contribution in [0.4, 0.5) is 0 Å². The number of rotatable bonds is 17. The second-order valence-electron chi connectivity index (χ2n) is 6.02. The van der Waals surface area contributed by atoms with Crippen molar-refractivity contribution in [2.45, 2.75) is 83.3 Å². The predicted molar refractivity (Wildman–Crippen MR) is 110 cm³/mol. The van der Waals surface area contributed by atoms with E-state index in [0.717, 1.165) is 12.8 Å². The molecule has 0 saturated heterocycles. The van der Waals surface area contributed by atoms with E-state index in [2.05, 4.69) is 6.92 Å². The number of hydrogen-bond acceptors (Lipinski definition) is 3. The summed E-state index contributed by atoms with van der Waals surface area (Å²) in [6.45, 7) is 4.26. The molecule has 0 aliphatic carbocycles. The van der Waals surface area contributed by atoms with Gasteiger partial charge in [-0.05, 0) is 27.5 Å². The van der Waals surface area contributed by atoms with Gasteiger partial charge in [-0.15, -0.1) is 8.73 Å². The summed E-state index contributed by atoms with van der Waals surface area (Å²) in [6.07, 6.45) is 10.0. The second kappa shape index (κ2) is 16.5. The minimum Gasteiger partial charge on any atom is -0.425 e. The Labute approximate surface area is 153 Å². The van der Waals surface area contributed by atoms with Crippen LogP contribution in [0.5, 0.6) is 0 Å². The number of aliphatic hydroxyl groups is 1. The van der Waals surface area contributed by atoms with Crippen LogP contribution < -0.4 is 0 Å². The van der Waals surface area contributed by atoms with E-state index < -0.39 is 31.4 Å². The van der Waals surface area contributed by atoms with E-state index in [0.29, 0.717) is 12.8 Å². The summed E-state index contributed by atoms with van der Waals surface area (Å²) in [4.78, 5) is 0. The Hall–Kier alpha value is 1.09. The molecule has 23 heavy (non-hydrogen) atoms. The lowest BCUT2D eigenvalue weighted by atomic mass is 10.0. The van der Waals surface area contributed by atoms with Crippen LogP contribution in [0.2, 0.25) is 0 Å². The molecule has 0 aliphatic rings. The van der Waals surface area contributed by atoms with Crippen LogP contribution in [0.15, 0.2) is 0 Å². The van der Waals surface area contributed by atoms with Gasteiger partial charge in [-0.3, -0.25) is 0 Å². The third kappa shape index (κ3) is 16.3. The fourth-order valence-corrected chi connectivity index (χ4v) is 3.80. The maximum atomic E-state index is 10.4. The maximum absolute atomic E-state index is 10.4. The quantitative estimate of drug-likeness (QED) is 0.240. The molecule has 5 atom stereocenters. The maximum Gasteiger partial charge on any atom is 0.148 e. The van der Waals surface area contributed by atoms with Crippen LogP contribution in [0.3, 0.4) is 0 Å². The van der Waals surface area contributed by atoms with Crippen LogP contribution >= 0.6 is 16.8 Å². The molecule has 0 fully saturated rings. The van der Waals surface area contributed by atoms with Gasteiger partial charge in [0.1, 0.15) is 16.1 Å². The van der Waals surface area contributed by atoms with Crippen LogP contribution in [-0.2, 0) is 8.95 Å². The Kier molecular flexibility index (Phi) is 14.7. The SMILES string of the molecule is [2H][Si]([B])(OCC[C@@H](OP([B])C)C(O)CCCCCCCCCC)P[3H]. The lowest BCUT2D eigenvalue weighted by Gasteiger charge is -2.26. The third-order valence-electron chi connectivity index (χ3n) is 3.74. The highest BCUT2D eigenvalue weighted by molar-refractivity contribution is 7.77. The zero-order valence-electron chi connectivity index (χ0n) is 16.8. The predicted octanol–water partition coefficient (Wildman–Crippen LogP) is 3.54. The van der Waals surface area contributed by atoms with Gasteiger partial charge in [-0.25, -0.2) is 0 Å². The lowest BCUT2D eigenvalue weighted by molar-refractivity contribution is 0.0258. The number of aliphatic hydroxyl groups excluding tert-OH is 1. The van der Waals surface area contributed by atoms with Crippen molar-refractivity contribution in [3.8, 4) is 0 Å². The van der Waals surface area contributed by atoms with E-state index in [1.807, 2.05) is 0 Å².